The molecule has 1 saturated carbocycles. The van der Waals surface area contributed by atoms with Gasteiger partial charge in [0, 0.05) is 5.92 Å². The van der Waals surface area contributed by atoms with Gasteiger partial charge in [-0.2, -0.15) is 0 Å². The van der Waals surface area contributed by atoms with Gasteiger partial charge in [0.1, 0.15) is 0 Å². The Bertz CT molecular complexity index is 542. The van der Waals surface area contributed by atoms with Crippen LogP contribution in [0.3, 0.4) is 0 Å². The van der Waals surface area contributed by atoms with Crippen LogP contribution in [0.1, 0.15) is 29.0 Å². The molecule has 1 N–H and O–H groups in total. The van der Waals surface area contributed by atoms with Crippen molar-refractivity contribution in [1.29, 1.82) is 0 Å². The topological polar surface area (TPSA) is 37.3 Å². The third-order valence-electron chi connectivity index (χ3n) is 4.28. The molecule has 3 atom stereocenters. The zero-order valence-electron chi connectivity index (χ0n) is 8.81. The molecule has 1 aromatic carbocycles. The zero-order valence-corrected chi connectivity index (χ0v) is 8.81. The molecule has 1 fully saturated rings. The van der Waals surface area contributed by atoms with Crippen LogP contribution >= 0.6 is 0 Å². The number of rotatable bonds is 1. The number of benzene rings is 1. The molecule has 0 bridgehead atoms. The lowest BCUT2D eigenvalue weighted by Gasteiger charge is -2.13. The molecular formula is C14H12O2. The average molecular weight is 212 g/mol. The summed E-state index contributed by atoms with van der Waals surface area (Å²) in [5.74, 6) is -0.267. The van der Waals surface area contributed by atoms with E-state index in [1.807, 2.05) is 0 Å². The second-order valence-electron chi connectivity index (χ2n) is 5.04. The van der Waals surface area contributed by atoms with Crippen molar-refractivity contribution in [3.8, 4) is 0 Å². The molecule has 2 nitrogen and oxygen atoms in total. The number of carboxylic acids is 1. The normalized spacial score (nSPS) is 32.8. The Balaban J connectivity index is 1.93. The van der Waals surface area contributed by atoms with Crippen molar-refractivity contribution in [2.45, 2.75) is 18.8 Å². The Hall–Kier alpha value is -1.57. The molecule has 0 aliphatic heterocycles. The second-order valence-corrected chi connectivity index (χ2v) is 5.04. The van der Waals surface area contributed by atoms with E-state index in [9.17, 15) is 4.79 Å². The van der Waals surface area contributed by atoms with Gasteiger partial charge in [-0.3, -0.25) is 4.79 Å². The van der Waals surface area contributed by atoms with Crippen molar-refractivity contribution in [2.24, 2.45) is 11.8 Å². The molecule has 16 heavy (non-hydrogen) atoms. The van der Waals surface area contributed by atoms with Gasteiger partial charge in [0.15, 0.2) is 0 Å². The predicted molar refractivity (Wildman–Crippen MR) is 60.1 cm³/mol. The molecule has 0 saturated heterocycles. The Kier molecular flexibility index (Phi) is 1.37. The summed E-state index contributed by atoms with van der Waals surface area (Å²) >= 11 is 0. The van der Waals surface area contributed by atoms with Crippen molar-refractivity contribution >= 4 is 11.5 Å². The molecule has 0 aromatic heterocycles. The molecule has 0 amide bonds. The summed E-state index contributed by atoms with van der Waals surface area (Å²) < 4.78 is 0. The van der Waals surface area contributed by atoms with E-state index in [4.69, 9.17) is 5.11 Å². The largest absolute Gasteiger partial charge is 0.481 e. The summed E-state index contributed by atoms with van der Waals surface area (Å²) in [5, 5.41) is 9.15. The first-order valence-corrected chi connectivity index (χ1v) is 5.83. The van der Waals surface area contributed by atoms with E-state index in [1.165, 1.54) is 22.3 Å². The fourth-order valence-corrected chi connectivity index (χ4v) is 3.55. The van der Waals surface area contributed by atoms with E-state index < -0.39 is 5.97 Å². The molecule has 2 heteroatoms. The van der Waals surface area contributed by atoms with Crippen LogP contribution in [0.25, 0.3) is 5.57 Å². The monoisotopic (exact) mass is 212 g/mol. The number of allylic oxidation sites excluding steroid dienone is 2. The minimum atomic E-state index is -0.635. The van der Waals surface area contributed by atoms with Crippen molar-refractivity contribution in [3.05, 3.63) is 41.0 Å². The number of carboxylic acid groups (broad SMARTS) is 1. The molecule has 0 spiro atoms. The van der Waals surface area contributed by atoms with Gasteiger partial charge < -0.3 is 5.11 Å². The van der Waals surface area contributed by atoms with Gasteiger partial charge in [-0.15, -0.1) is 0 Å². The first kappa shape index (κ1) is 8.57. The van der Waals surface area contributed by atoms with E-state index in [0.717, 1.165) is 12.8 Å². The molecule has 1 aromatic rings. The van der Waals surface area contributed by atoms with E-state index in [-0.39, 0.29) is 17.8 Å². The van der Waals surface area contributed by atoms with E-state index >= 15 is 0 Å². The Labute approximate surface area is 93.6 Å². The quantitative estimate of drug-likeness (QED) is 0.776. The molecule has 3 aliphatic carbocycles. The summed E-state index contributed by atoms with van der Waals surface area (Å²) in [4.78, 5) is 11.1. The van der Waals surface area contributed by atoms with Crippen LogP contribution in [0.5, 0.6) is 0 Å². The van der Waals surface area contributed by atoms with Crippen molar-refractivity contribution < 1.29 is 9.90 Å². The van der Waals surface area contributed by atoms with Crippen molar-refractivity contribution in [2.75, 3.05) is 0 Å². The predicted octanol–water partition coefficient (Wildman–Crippen LogP) is 2.44. The molecule has 3 aliphatic rings. The van der Waals surface area contributed by atoms with E-state index in [1.54, 1.807) is 0 Å². The minimum absolute atomic E-state index is 0.162. The Morgan fingerprint density at radius 1 is 1.31 bits per heavy atom. The molecule has 4 rings (SSSR count). The van der Waals surface area contributed by atoms with Crippen LogP contribution in [0.15, 0.2) is 24.3 Å². The van der Waals surface area contributed by atoms with Gasteiger partial charge in [0.05, 0.1) is 5.92 Å². The average Bonchev–Trinajstić information content (AvgIpc) is 2.86. The first-order valence-electron chi connectivity index (χ1n) is 5.83. The standard InChI is InChI=1S/C14H12O2/c15-14(16)13-10-6-8-5-4-7-2-1-3-9(11(7)8)12(10)13/h1-3,6,10,12-13H,4-5H2,(H,15,16)/t10-,12-,13-/m1/s1. The maximum Gasteiger partial charge on any atom is 0.307 e. The molecule has 80 valence electrons. The minimum Gasteiger partial charge on any atom is -0.481 e. The highest BCUT2D eigenvalue weighted by Gasteiger charge is 2.57. The number of aryl methyl sites for hydroxylation is 1. The lowest BCUT2D eigenvalue weighted by molar-refractivity contribution is -0.138. The van der Waals surface area contributed by atoms with Crippen molar-refractivity contribution in [1.82, 2.24) is 0 Å². The second kappa shape index (κ2) is 2.57. The fourth-order valence-electron chi connectivity index (χ4n) is 3.55. The Morgan fingerprint density at radius 2 is 2.19 bits per heavy atom. The number of hydrogen-bond donors (Lipinski definition) is 1. The SMILES string of the molecule is O=C(O)[C@@H]1[C@@H]2C=C3CCc4cccc(c43)[C@H]21. The van der Waals surface area contributed by atoms with Crippen LogP contribution in [0.2, 0.25) is 0 Å². The highest BCUT2D eigenvalue weighted by Crippen LogP contribution is 2.61. The number of carbonyl (C=O) groups is 1. The van der Waals surface area contributed by atoms with Crippen molar-refractivity contribution in [3.63, 3.8) is 0 Å². The molecule has 0 radical (unpaired) electrons. The van der Waals surface area contributed by atoms with Crippen LogP contribution in [-0.2, 0) is 11.2 Å². The van der Waals surface area contributed by atoms with E-state index in [0.29, 0.717) is 0 Å². The number of aliphatic carboxylic acids is 1. The summed E-state index contributed by atoms with van der Waals surface area (Å²) in [6, 6.07) is 6.38. The maximum absolute atomic E-state index is 11.1. The van der Waals surface area contributed by atoms with Crippen LogP contribution < -0.4 is 0 Å². The highest BCUT2D eigenvalue weighted by atomic mass is 16.4. The third kappa shape index (κ3) is 0.861. The van der Waals surface area contributed by atoms with Gasteiger partial charge in [-0.05, 0) is 41.0 Å². The van der Waals surface area contributed by atoms with E-state index in [2.05, 4.69) is 24.3 Å². The van der Waals surface area contributed by atoms with Gasteiger partial charge >= 0.3 is 5.97 Å². The third-order valence-corrected chi connectivity index (χ3v) is 4.28. The number of hydrogen-bond acceptors (Lipinski definition) is 1. The van der Waals surface area contributed by atoms with Gasteiger partial charge in [-0.25, -0.2) is 0 Å². The van der Waals surface area contributed by atoms with Gasteiger partial charge in [-0.1, -0.05) is 24.3 Å². The molecule has 0 heterocycles. The summed E-state index contributed by atoms with van der Waals surface area (Å²) in [7, 11) is 0. The van der Waals surface area contributed by atoms with Gasteiger partial charge in [0.2, 0.25) is 0 Å². The highest BCUT2D eigenvalue weighted by molar-refractivity contribution is 5.85. The summed E-state index contributed by atoms with van der Waals surface area (Å²) in [6.07, 6.45) is 4.45. The lowest BCUT2D eigenvalue weighted by Crippen LogP contribution is -2.00. The summed E-state index contributed by atoms with van der Waals surface area (Å²) in [5.41, 5.74) is 5.49. The van der Waals surface area contributed by atoms with Crippen LogP contribution in [0, 0.1) is 11.8 Å². The lowest BCUT2D eigenvalue weighted by atomic mass is 9.91. The van der Waals surface area contributed by atoms with Crippen LogP contribution in [-0.4, -0.2) is 11.1 Å². The fraction of sp³-hybridized carbons (Fsp3) is 0.357. The molecular weight excluding hydrogens is 200 g/mol. The number of fused-ring (bicyclic) bond motifs is 2. The maximum atomic E-state index is 11.1. The smallest absolute Gasteiger partial charge is 0.307 e. The summed E-state index contributed by atoms with van der Waals surface area (Å²) in [6.45, 7) is 0. The zero-order chi connectivity index (χ0) is 10.9. The van der Waals surface area contributed by atoms with Crippen LogP contribution in [0.4, 0.5) is 0 Å². The first-order chi connectivity index (χ1) is 7.77. The Morgan fingerprint density at radius 3 is 3.00 bits per heavy atom. The van der Waals surface area contributed by atoms with Gasteiger partial charge in [0.25, 0.3) is 0 Å². The molecule has 0 unspecified atom stereocenters.